The van der Waals surface area contributed by atoms with Crippen molar-refractivity contribution in [1.29, 1.82) is 0 Å². The SMILES string of the molecule is CCc1ccc(CCCCCCNCC(C)C)s1. The smallest absolute Gasteiger partial charge is 0.00481 e. The van der Waals surface area contributed by atoms with Gasteiger partial charge in [-0.05, 0) is 56.8 Å². The summed E-state index contributed by atoms with van der Waals surface area (Å²) >= 11 is 2.00. The molecule has 1 nitrogen and oxygen atoms in total. The zero-order valence-electron chi connectivity index (χ0n) is 12.3. The summed E-state index contributed by atoms with van der Waals surface area (Å²) < 4.78 is 0. The molecule has 0 saturated carbocycles. The number of hydrogen-bond donors (Lipinski definition) is 1. The van der Waals surface area contributed by atoms with Gasteiger partial charge in [0.1, 0.15) is 0 Å². The molecule has 0 amide bonds. The molecular weight excluding hydrogens is 238 g/mol. The van der Waals surface area contributed by atoms with Crippen LogP contribution in [0.1, 0.15) is 56.2 Å². The fourth-order valence-corrected chi connectivity index (χ4v) is 3.04. The first-order chi connectivity index (χ1) is 8.72. The van der Waals surface area contributed by atoms with Gasteiger partial charge in [0.2, 0.25) is 0 Å². The number of rotatable bonds is 10. The lowest BCUT2D eigenvalue weighted by molar-refractivity contribution is 0.526. The molecule has 1 N–H and O–H groups in total. The highest BCUT2D eigenvalue weighted by Gasteiger charge is 1.98. The standard InChI is InChI=1S/C16H29NS/c1-4-15-10-11-16(18-15)9-7-5-6-8-12-17-13-14(2)3/h10-11,14,17H,4-9,12-13H2,1-3H3. The van der Waals surface area contributed by atoms with Crippen LogP contribution in [0.25, 0.3) is 0 Å². The van der Waals surface area contributed by atoms with E-state index in [2.05, 4.69) is 38.2 Å². The lowest BCUT2D eigenvalue weighted by atomic mass is 10.1. The molecule has 1 rings (SSSR count). The van der Waals surface area contributed by atoms with Gasteiger partial charge in [-0.1, -0.05) is 33.6 Å². The maximum Gasteiger partial charge on any atom is 0.00481 e. The average Bonchev–Trinajstić information content (AvgIpc) is 2.80. The topological polar surface area (TPSA) is 12.0 Å². The summed E-state index contributed by atoms with van der Waals surface area (Å²) in [6.45, 7) is 9.11. The van der Waals surface area contributed by atoms with Gasteiger partial charge < -0.3 is 5.32 Å². The number of hydrogen-bond acceptors (Lipinski definition) is 2. The van der Waals surface area contributed by atoms with E-state index in [-0.39, 0.29) is 0 Å². The molecule has 1 aromatic heterocycles. The lowest BCUT2D eigenvalue weighted by Crippen LogP contribution is -2.20. The fraction of sp³-hybridized carbons (Fsp3) is 0.750. The van der Waals surface area contributed by atoms with Gasteiger partial charge in [0.25, 0.3) is 0 Å². The van der Waals surface area contributed by atoms with E-state index in [4.69, 9.17) is 0 Å². The van der Waals surface area contributed by atoms with Crippen molar-refractivity contribution < 1.29 is 0 Å². The molecule has 1 aromatic rings. The van der Waals surface area contributed by atoms with Crippen LogP contribution in [-0.4, -0.2) is 13.1 Å². The molecule has 1 heterocycles. The van der Waals surface area contributed by atoms with Gasteiger partial charge in [0.15, 0.2) is 0 Å². The van der Waals surface area contributed by atoms with E-state index in [0.29, 0.717) is 0 Å². The van der Waals surface area contributed by atoms with Gasteiger partial charge >= 0.3 is 0 Å². The summed E-state index contributed by atoms with van der Waals surface area (Å²) in [7, 11) is 0. The van der Waals surface area contributed by atoms with Gasteiger partial charge in [0, 0.05) is 9.75 Å². The minimum Gasteiger partial charge on any atom is -0.316 e. The summed E-state index contributed by atoms with van der Waals surface area (Å²) in [6.07, 6.45) is 7.90. The summed E-state index contributed by atoms with van der Waals surface area (Å²) in [5.74, 6) is 0.775. The molecule has 0 fully saturated rings. The van der Waals surface area contributed by atoms with Crippen LogP contribution < -0.4 is 5.32 Å². The number of aryl methyl sites for hydroxylation is 2. The van der Waals surface area contributed by atoms with Crippen LogP contribution in [0.4, 0.5) is 0 Å². The van der Waals surface area contributed by atoms with E-state index in [1.165, 1.54) is 49.9 Å². The first-order valence-corrected chi connectivity index (χ1v) is 8.32. The summed E-state index contributed by atoms with van der Waals surface area (Å²) in [5.41, 5.74) is 0. The first kappa shape index (κ1) is 15.7. The third kappa shape index (κ3) is 7.17. The van der Waals surface area contributed by atoms with Crippen LogP contribution in [0.5, 0.6) is 0 Å². The Kier molecular flexibility index (Phi) is 8.36. The van der Waals surface area contributed by atoms with Crippen LogP contribution in [0.15, 0.2) is 12.1 Å². The van der Waals surface area contributed by atoms with E-state index in [9.17, 15) is 0 Å². The zero-order valence-corrected chi connectivity index (χ0v) is 13.1. The predicted molar refractivity (Wildman–Crippen MR) is 83.6 cm³/mol. The van der Waals surface area contributed by atoms with Gasteiger partial charge in [0.05, 0.1) is 0 Å². The largest absolute Gasteiger partial charge is 0.316 e. The number of thiophene rings is 1. The highest BCUT2D eigenvalue weighted by molar-refractivity contribution is 7.11. The Morgan fingerprint density at radius 1 is 1.06 bits per heavy atom. The number of nitrogens with one attached hydrogen (secondary N) is 1. The third-order valence-electron chi connectivity index (χ3n) is 3.15. The minimum atomic E-state index is 0.775. The Morgan fingerprint density at radius 2 is 1.78 bits per heavy atom. The Hall–Kier alpha value is -0.340. The zero-order chi connectivity index (χ0) is 13.2. The Balaban J connectivity index is 1.92. The van der Waals surface area contributed by atoms with Crippen molar-refractivity contribution in [3.63, 3.8) is 0 Å². The van der Waals surface area contributed by atoms with Gasteiger partial charge in [-0.2, -0.15) is 0 Å². The molecule has 0 unspecified atom stereocenters. The molecule has 0 aromatic carbocycles. The molecule has 0 aliphatic carbocycles. The van der Waals surface area contributed by atoms with E-state index in [1.54, 1.807) is 4.88 Å². The van der Waals surface area contributed by atoms with Gasteiger partial charge in [-0.15, -0.1) is 11.3 Å². The maximum atomic E-state index is 3.51. The monoisotopic (exact) mass is 267 g/mol. The van der Waals surface area contributed by atoms with E-state index in [1.807, 2.05) is 11.3 Å². The minimum absolute atomic E-state index is 0.775. The van der Waals surface area contributed by atoms with E-state index in [0.717, 1.165) is 12.5 Å². The molecule has 18 heavy (non-hydrogen) atoms. The summed E-state index contributed by atoms with van der Waals surface area (Å²) in [4.78, 5) is 3.10. The normalized spacial score (nSPS) is 11.3. The first-order valence-electron chi connectivity index (χ1n) is 7.50. The average molecular weight is 267 g/mol. The van der Waals surface area contributed by atoms with Crippen molar-refractivity contribution in [2.24, 2.45) is 5.92 Å². The molecule has 0 spiro atoms. The second-order valence-corrected chi connectivity index (χ2v) is 6.74. The van der Waals surface area contributed by atoms with Crippen LogP contribution in [0.2, 0.25) is 0 Å². The Bertz CT molecular complexity index is 304. The molecular formula is C16H29NS. The van der Waals surface area contributed by atoms with Crippen LogP contribution in [-0.2, 0) is 12.8 Å². The molecule has 0 radical (unpaired) electrons. The molecule has 104 valence electrons. The quantitative estimate of drug-likeness (QED) is 0.608. The highest BCUT2D eigenvalue weighted by atomic mass is 32.1. The fourth-order valence-electron chi connectivity index (χ4n) is 2.04. The predicted octanol–water partition coefficient (Wildman–Crippen LogP) is 4.66. The Morgan fingerprint density at radius 3 is 2.44 bits per heavy atom. The van der Waals surface area contributed by atoms with Crippen LogP contribution >= 0.6 is 11.3 Å². The van der Waals surface area contributed by atoms with Crippen molar-refractivity contribution in [1.82, 2.24) is 5.32 Å². The van der Waals surface area contributed by atoms with E-state index < -0.39 is 0 Å². The lowest BCUT2D eigenvalue weighted by Gasteiger charge is -2.06. The van der Waals surface area contributed by atoms with Crippen molar-refractivity contribution in [2.75, 3.05) is 13.1 Å². The highest BCUT2D eigenvalue weighted by Crippen LogP contribution is 2.19. The van der Waals surface area contributed by atoms with Crippen LogP contribution in [0, 0.1) is 5.92 Å². The molecule has 2 heteroatoms. The molecule has 0 bridgehead atoms. The second-order valence-electron chi connectivity index (χ2n) is 5.48. The summed E-state index contributed by atoms with van der Waals surface area (Å²) in [6, 6.07) is 4.60. The maximum absolute atomic E-state index is 3.51. The van der Waals surface area contributed by atoms with Gasteiger partial charge in [-0.25, -0.2) is 0 Å². The van der Waals surface area contributed by atoms with Gasteiger partial charge in [-0.3, -0.25) is 0 Å². The van der Waals surface area contributed by atoms with E-state index >= 15 is 0 Å². The molecule has 0 aliphatic rings. The second kappa shape index (κ2) is 9.57. The number of unbranched alkanes of at least 4 members (excludes halogenated alkanes) is 3. The molecule has 0 saturated heterocycles. The van der Waals surface area contributed by atoms with Crippen molar-refractivity contribution >= 4 is 11.3 Å². The summed E-state index contributed by atoms with van der Waals surface area (Å²) in [5, 5.41) is 3.51. The molecule has 0 aliphatic heterocycles. The van der Waals surface area contributed by atoms with Crippen molar-refractivity contribution in [3.8, 4) is 0 Å². The van der Waals surface area contributed by atoms with Crippen LogP contribution in [0.3, 0.4) is 0 Å². The third-order valence-corrected chi connectivity index (χ3v) is 4.43. The molecule has 0 atom stereocenters. The Labute approximate surface area is 117 Å². The van der Waals surface area contributed by atoms with Crippen molar-refractivity contribution in [2.45, 2.75) is 59.3 Å². The van der Waals surface area contributed by atoms with Crippen molar-refractivity contribution in [3.05, 3.63) is 21.9 Å².